The van der Waals surface area contributed by atoms with Gasteiger partial charge in [0.15, 0.2) is 28.9 Å². The number of aliphatic hydroxyl groups is 1. The Morgan fingerprint density at radius 1 is 1.10 bits per heavy atom. The highest BCUT2D eigenvalue weighted by Gasteiger charge is 2.27. The van der Waals surface area contributed by atoms with Crippen LogP contribution in [0.25, 0.3) is 16.7 Å². The van der Waals surface area contributed by atoms with Crippen LogP contribution >= 0.6 is 0 Å². The van der Waals surface area contributed by atoms with Gasteiger partial charge in [-0.25, -0.2) is 27.3 Å². The molecule has 156 valence electrons. The van der Waals surface area contributed by atoms with Crippen molar-refractivity contribution in [3.63, 3.8) is 0 Å². The predicted molar refractivity (Wildman–Crippen MR) is 97.0 cm³/mol. The minimum atomic E-state index is -1.70. The van der Waals surface area contributed by atoms with Gasteiger partial charge in [0.2, 0.25) is 5.43 Å². The maximum absolute atomic E-state index is 14.7. The second-order valence-electron chi connectivity index (χ2n) is 6.82. The summed E-state index contributed by atoms with van der Waals surface area (Å²) >= 11 is 0. The van der Waals surface area contributed by atoms with Crippen molar-refractivity contribution in [3.8, 4) is 5.69 Å². The highest BCUT2D eigenvalue weighted by molar-refractivity contribution is 5.92. The van der Waals surface area contributed by atoms with Crippen molar-refractivity contribution in [3.05, 3.63) is 63.5 Å². The number of hydrogen-bond donors (Lipinski definition) is 2. The minimum absolute atomic E-state index is 0.0478. The summed E-state index contributed by atoms with van der Waals surface area (Å²) in [5, 5.41) is 18.5. The van der Waals surface area contributed by atoms with Crippen LogP contribution in [-0.2, 0) is 0 Å². The fourth-order valence-corrected chi connectivity index (χ4v) is 3.46. The predicted octanol–water partition coefficient (Wildman–Crippen LogP) is 2.21. The Morgan fingerprint density at radius 3 is 2.33 bits per heavy atom. The maximum Gasteiger partial charge on any atom is 0.341 e. The summed E-state index contributed by atoms with van der Waals surface area (Å²) in [6.45, 7) is 0.291. The van der Waals surface area contributed by atoms with E-state index in [9.17, 15) is 37.4 Å². The average Bonchev–Trinajstić information content (AvgIpc) is 3.08. The van der Waals surface area contributed by atoms with Gasteiger partial charge in [0.25, 0.3) is 0 Å². The maximum atomic E-state index is 14.7. The van der Waals surface area contributed by atoms with Gasteiger partial charge in [-0.3, -0.25) is 9.36 Å². The quantitative estimate of drug-likeness (QED) is 0.628. The molecule has 4 rings (SSSR count). The molecular formula is C19H13F4N3O4. The van der Waals surface area contributed by atoms with Crippen molar-refractivity contribution < 1.29 is 32.6 Å². The van der Waals surface area contributed by atoms with Crippen molar-refractivity contribution in [2.45, 2.75) is 12.5 Å². The average molecular weight is 423 g/mol. The molecule has 1 unspecified atom stereocenters. The van der Waals surface area contributed by atoms with E-state index in [2.05, 4.69) is 4.98 Å². The van der Waals surface area contributed by atoms with Gasteiger partial charge in [0.1, 0.15) is 17.1 Å². The van der Waals surface area contributed by atoms with Gasteiger partial charge in [-0.1, -0.05) is 0 Å². The molecule has 2 N–H and O–H groups in total. The Morgan fingerprint density at radius 2 is 1.77 bits per heavy atom. The number of halogens is 4. The molecule has 3 heterocycles. The van der Waals surface area contributed by atoms with E-state index in [4.69, 9.17) is 0 Å². The fourth-order valence-electron chi connectivity index (χ4n) is 3.46. The van der Waals surface area contributed by atoms with E-state index < -0.39 is 63.1 Å². The van der Waals surface area contributed by atoms with Crippen LogP contribution in [0.3, 0.4) is 0 Å². The molecule has 0 amide bonds. The second-order valence-corrected chi connectivity index (χ2v) is 6.82. The molecule has 30 heavy (non-hydrogen) atoms. The molecular weight excluding hydrogens is 410 g/mol. The van der Waals surface area contributed by atoms with Crippen LogP contribution in [0.4, 0.5) is 23.4 Å². The van der Waals surface area contributed by atoms with E-state index >= 15 is 0 Å². The van der Waals surface area contributed by atoms with Crippen LogP contribution < -0.4 is 10.3 Å². The van der Waals surface area contributed by atoms with Gasteiger partial charge in [-0.15, -0.1) is 0 Å². The van der Waals surface area contributed by atoms with Crippen molar-refractivity contribution >= 4 is 22.8 Å². The largest absolute Gasteiger partial charge is 0.477 e. The summed E-state index contributed by atoms with van der Waals surface area (Å²) in [6, 6.07) is 1.49. The van der Waals surface area contributed by atoms with Gasteiger partial charge in [0.05, 0.1) is 11.5 Å². The number of β-amino-alcohol motifs (C(OH)–C–C–N with tert-alkyl or cyclic N) is 1. The minimum Gasteiger partial charge on any atom is -0.477 e. The number of rotatable bonds is 3. The number of hydrogen-bond acceptors (Lipinski definition) is 5. The van der Waals surface area contributed by atoms with Gasteiger partial charge in [-0.2, -0.15) is 0 Å². The number of pyridine rings is 2. The summed E-state index contributed by atoms with van der Waals surface area (Å²) in [6.07, 6.45) is 0.260. The van der Waals surface area contributed by atoms with Crippen LogP contribution in [0.2, 0.25) is 0 Å². The number of carboxylic acid groups (broad SMARTS) is 1. The summed E-state index contributed by atoms with van der Waals surface area (Å²) in [5.41, 5.74) is -3.28. The highest BCUT2D eigenvalue weighted by atomic mass is 19.1. The van der Waals surface area contributed by atoms with E-state index in [0.717, 1.165) is 6.07 Å². The summed E-state index contributed by atoms with van der Waals surface area (Å²) in [5.74, 6) is -6.91. The molecule has 2 aromatic heterocycles. The van der Waals surface area contributed by atoms with E-state index in [1.165, 1.54) is 4.90 Å². The van der Waals surface area contributed by atoms with Gasteiger partial charge >= 0.3 is 5.97 Å². The molecule has 0 aliphatic carbocycles. The SMILES string of the molecule is O=C(O)c1cn(-c2c(F)cc(F)cc2F)c2nc(N3CCC(O)C3)c(F)cc2c1=O. The third-order valence-electron chi connectivity index (χ3n) is 4.83. The lowest BCUT2D eigenvalue weighted by atomic mass is 10.1. The standard InChI is InChI=1S/C19H13F4N3O4/c20-8-3-12(21)15(13(22)4-8)26-7-11(19(29)30)16(28)10-5-14(23)18(24-17(10)26)25-2-1-9(27)6-25/h3-5,7,9,27H,1-2,6H2,(H,29,30). The third kappa shape index (κ3) is 3.16. The van der Waals surface area contributed by atoms with Crippen molar-refractivity contribution in [1.82, 2.24) is 9.55 Å². The highest BCUT2D eigenvalue weighted by Crippen LogP contribution is 2.28. The number of carboxylic acids is 1. The monoisotopic (exact) mass is 423 g/mol. The Bertz CT molecular complexity index is 1240. The zero-order valence-corrected chi connectivity index (χ0v) is 15.1. The molecule has 1 aliphatic heterocycles. The van der Waals surface area contributed by atoms with Gasteiger partial charge in [0, 0.05) is 31.4 Å². The number of fused-ring (bicyclic) bond motifs is 1. The summed E-state index contributed by atoms with van der Waals surface area (Å²) in [4.78, 5) is 29.4. The number of benzene rings is 1. The molecule has 1 fully saturated rings. The molecule has 0 saturated carbocycles. The first-order chi connectivity index (χ1) is 14.2. The Kier molecular flexibility index (Phi) is 4.69. The van der Waals surface area contributed by atoms with E-state index in [1.54, 1.807) is 0 Å². The van der Waals surface area contributed by atoms with E-state index in [-0.39, 0.29) is 18.9 Å². The van der Waals surface area contributed by atoms with Crippen molar-refractivity contribution in [2.75, 3.05) is 18.0 Å². The molecule has 7 nitrogen and oxygen atoms in total. The zero-order chi connectivity index (χ0) is 21.7. The molecule has 11 heteroatoms. The molecule has 1 saturated heterocycles. The molecule has 1 aliphatic rings. The van der Waals surface area contributed by atoms with Crippen LogP contribution in [0.5, 0.6) is 0 Å². The normalized spacial score (nSPS) is 16.4. The number of nitrogens with zero attached hydrogens (tertiary/aromatic N) is 3. The van der Waals surface area contributed by atoms with E-state index in [1.807, 2.05) is 0 Å². The molecule has 0 radical (unpaired) electrons. The number of aromatic carboxylic acids is 1. The first-order valence-electron chi connectivity index (χ1n) is 8.74. The third-order valence-corrected chi connectivity index (χ3v) is 4.83. The molecule has 1 atom stereocenters. The van der Waals surface area contributed by atoms with Gasteiger partial charge in [-0.05, 0) is 12.5 Å². The fraction of sp³-hybridized carbons (Fsp3) is 0.211. The summed E-state index contributed by atoms with van der Waals surface area (Å²) in [7, 11) is 0. The van der Waals surface area contributed by atoms with Crippen LogP contribution in [0.15, 0.2) is 29.2 Å². The Labute approximate surface area is 165 Å². The lowest BCUT2D eigenvalue weighted by Crippen LogP contribution is -2.25. The Balaban J connectivity index is 2.09. The summed E-state index contributed by atoms with van der Waals surface area (Å²) < 4.78 is 57.5. The zero-order valence-electron chi connectivity index (χ0n) is 15.1. The van der Waals surface area contributed by atoms with Crippen LogP contribution in [-0.4, -0.2) is 44.9 Å². The van der Waals surface area contributed by atoms with Gasteiger partial charge < -0.3 is 15.1 Å². The molecule has 0 bridgehead atoms. The molecule has 3 aromatic rings. The molecule has 0 spiro atoms. The lowest BCUT2D eigenvalue weighted by molar-refractivity contribution is 0.0695. The van der Waals surface area contributed by atoms with Crippen molar-refractivity contribution in [2.24, 2.45) is 0 Å². The van der Waals surface area contributed by atoms with Crippen LogP contribution in [0, 0.1) is 23.3 Å². The van der Waals surface area contributed by atoms with Crippen molar-refractivity contribution in [1.29, 1.82) is 0 Å². The number of aromatic nitrogens is 2. The number of anilines is 1. The first kappa shape index (κ1) is 19.8. The smallest absolute Gasteiger partial charge is 0.341 e. The number of carbonyl (C=O) groups is 1. The first-order valence-corrected chi connectivity index (χ1v) is 8.74. The lowest BCUT2D eigenvalue weighted by Gasteiger charge is -2.19. The topological polar surface area (TPSA) is 95.7 Å². The molecule has 1 aromatic carbocycles. The Hall–Kier alpha value is -3.47. The number of aliphatic hydroxyl groups excluding tert-OH is 1. The van der Waals surface area contributed by atoms with Crippen LogP contribution in [0.1, 0.15) is 16.8 Å². The van der Waals surface area contributed by atoms with E-state index in [0.29, 0.717) is 29.3 Å². The second kappa shape index (κ2) is 7.10.